The maximum absolute atomic E-state index is 12.6. The van der Waals surface area contributed by atoms with Gasteiger partial charge in [-0.3, -0.25) is 14.5 Å². The molecule has 29 heavy (non-hydrogen) atoms. The summed E-state index contributed by atoms with van der Waals surface area (Å²) in [4.78, 5) is 37.6. The first-order valence-corrected chi connectivity index (χ1v) is 9.62. The molecule has 2 aromatic rings. The molecule has 1 saturated heterocycles. The molecule has 2 amide bonds. The molecule has 2 aromatic carbocycles. The Hall–Kier alpha value is -3.17. The van der Waals surface area contributed by atoms with Crippen molar-refractivity contribution in [2.24, 2.45) is 0 Å². The first kappa shape index (κ1) is 20.6. The molecule has 0 unspecified atom stereocenters. The first-order chi connectivity index (χ1) is 13.9. The molecular formula is C20H16N2O5S2. The molecule has 1 aliphatic heterocycles. The van der Waals surface area contributed by atoms with Gasteiger partial charge in [-0.15, -0.1) is 0 Å². The van der Waals surface area contributed by atoms with Gasteiger partial charge in [0.2, 0.25) is 5.91 Å². The van der Waals surface area contributed by atoms with E-state index in [0.29, 0.717) is 16.3 Å². The molecule has 7 nitrogen and oxygen atoms in total. The van der Waals surface area contributed by atoms with Crippen LogP contribution in [0.4, 0.5) is 5.69 Å². The first-order valence-electron chi connectivity index (χ1n) is 8.40. The van der Waals surface area contributed by atoms with E-state index in [1.807, 2.05) is 12.1 Å². The highest BCUT2D eigenvalue weighted by molar-refractivity contribution is 8.26. The molecule has 0 aromatic heterocycles. The van der Waals surface area contributed by atoms with Gasteiger partial charge < -0.3 is 15.2 Å². The normalized spacial score (nSPS) is 14.9. The number of hydrogen-bond donors (Lipinski definition) is 2. The number of amides is 2. The van der Waals surface area contributed by atoms with Crippen molar-refractivity contribution >= 4 is 57.8 Å². The van der Waals surface area contributed by atoms with Gasteiger partial charge in [0.25, 0.3) is 5.91 Å². The fraction of sp³-hybridized carbons (Fsp3) is 0.100. The molecule has 0 spiro atoms. The van der Waals surface area contributed by atoms with Gasteiger partial charge in [-0.25, -0.2) is 4.79 Å². The van der Waals surface area contributed by atoms with E-state index in [-0.39, 0.29) is 22.3 Å². The third-order valence-electron chi connectivity index (χ3n) is 3.98. The van der Waals surface area contributed by atoms with E-state index in [4.69, 9.17) is 22.1 Å². The van der Waals surface area contributed by atoms with E-state index in [1.165, 1.54) is 23.1 Å². The number of carboxylic acids is 1. The van der Waals surface area contributed by atoms with Crippen LogP contribution in [0.3, 0.4) is 0 Å². The maximum atomic E-state index is 12.6. The fourth-order valence-corrected chi connectivity index (χ4v) is 3.82. The van der Waals surface area contributed by atoms with Crippen molar-refractivity contribution in [3.63, 3.8) is 0 Å². The van der Waals surface area contributed by atoms with Crippen LogP contribution in [0.5, 0.6) is 5.75 Å². The Balaban J connectivity index is 1.68. The number of carbonyl (C=O) groups excluding carboxylic acids is 2. The molecule has 0 aliphatic carbocycles. The molecular weight excluding hydrogens is 412 g/mol. The lowest BCUT2D eigenvalue weighted by Gasteiger charge is -2.14. The molecule has 148 valence electrons. The van der Waals surface area contributed by atoms with Crippen molar-refractivity contribution in [1.82, 2.24) is 4.90 Å². The minimum atomic E-state index is -1.10. The van der Waals surface area contributed by atoms with Crippen molar-refractivity contribution in [3.05, 3.63) is 64.6 Å². The number of nitrogens with zero attached hydrogens (tertiary/aromatic N) is 1. The van der Waals surface area contributed by atoms with E-state index in [2.05, 4.69) is 5.32 Å². The summed E-state index contributed by atoms with van der Waals surface area (Å²) < 4.78 is 5.39. The monoisotopic (exact) mass is 428 g/mol. The van der Waals surface area contributed by atoms with Crippen molar-refractivity contribution < 1.29 is 24.2 Å². The number of aromatic carboxylic acids is 1. The zero-order valence-corrected chi connectivity index (χ0v) is 16.9. The maximum Gasteiger partial charge on any atom is 0.335 e. The van der Waals surface area contributed by atoms with Gasteiger partial charge in [0.05, 0.1) is 17.6 Å². The number of thioether (sulfide) groups is 1. The van der Waals surface area contributed by atoms with Crippen molar-refractivity contribution in [3.8, 4) is 5.75 Å². The average Bonchev–Trinajstić information content (AvgIpc) is 2.96. The Kier molecular flexibility index (Phi) is 6.30. The van der Waals surface area contributed by atoms with Crippen LogP contribution in [0.15, 0.2) is 53.4 Å². The van der Waals surface area contributed by atoms with Crippen LogP contribution in [0.1, 0.15) is 15.9 Å². The summed E-state index contributed by atoms with van der Waals surface area (Å²) in [5.74, 6) is -1.22. The largest absolute Gasteiger partial charge is 0.497 e. The van der Waals surface area contributed by atoms with Gasteiger partial charge in [0.15, 0.2) is 0 Å². The fourth-order valence-electron chi connectivity index (χ4n) is 2.56. The van der Waals surface area contributed by atoms with Crippen LogP contribution >= 0.6 is 24.0 Å². The standard InChI is InChI=1S/C20H16N2O5S2/c1-27-15-7-5-12(6-8-15)9-16-18(24)22(20(28)29-16)11-17(23)21-14-4-2-3-13(10-14)19(25)26/h2-10H,11H2,1H3,(H,21,23)(H,25,26). The number of carbonyl (C=O) groups is 3. The van der Waals surface area contributed by atoms with Crippen molar-refractivity contribution in [1.29, 1.82) is 0 Å². The minimum absolute atomic E-state index is 0.0517. The number of anilines is 1. The summed E-state index contributed by atoms with van der Waals surface area (Å²) in [6.45, 7) is -0.262. The second-order valence-corrected chi connectivity index (χ2v) is 7.65. The molecule has 9 heteroatoms. The van der Waals surface area contributed by atoms with Crippen LogP contribution in [0, 0.1) is 0 Å². The number of rotatable bonds is 6. The lowest BCUT2D eigenvalue weighted by atomic mass is 10.2. The Morgan fingerprint density at radius 3 is 2.62 bits per heavy atom. The molecule has 1 heterocycles. The predicted octanol–water partition coefficient (Wildman–Crippen LogP) is 3.23. The lowest BCUT2D eigenvalue weighted by Crippen LogP contribution is -2.36. The van der Waals surface area contributed by atoms with Crippen molar-refractivity contribution in [2.45, 2.75) is 0 Å². The topological polar surface area (TPSA) is 95.9 Å². The number of ether oxygens (including phenoxy) is 1. The van der Waals surface area contributed by atoms with E-state index < -0.39 is 11.9 Å². The van der Waals surface area contributed by atoms with E-state index in [1.54, 1.807) is 31.4 Å². The highest BCUT2D eigenvalue weighted by atomic mass is 32.2. The van der Waals surface area contributed by atoms with Crippen LogP contribution in [0.25, 0.3) is 6.08 Å². The van der Waals surface area contributed by atoms with E-state index in [0.717, 1.165) is 17.3 Å². The Labute approximate surface area is 176 Å². The quantitative estimate of drug-likeness (QED) is 0.539. The van der Waals surface area contributed by atoms with Crippen molar-refractivity contribution in [2.75, 3.05) is 19.0 Å². The number of benzene rings is 2. The van der Waals surface area contributed by atoms with Gasteiger partial charge >= 0.3 is 5.97 Å². The van der Waals surface area contributed by atoms with Gasteiger partial charge in [-0.1, -0.05) is 42.2 Å². The molecule has 0 saturated carbocycles. The lowest BCUT2D eigenvalue weighted by molar-refractivity contribution is -0.126. The summed E-state index contributed by atoms with van der Waals surface area (Å²) in [6, 6.07) is 13.0. The predicted molar refractivity (Wildman–Crippen MR) is 115 cm³/mol. The number of methoxy groups -OCH3 is 1. The van der Waals surface area contributed by atoms with Crippen LogP contribution in [0.2, 0.25) is 0 Å². The molecule has 0 atom stereocenters. The van der Waals surface area contributed by atoms with Crippen LogP contribution < -0.4 is 10.1 Å². The molecule has 3 rings (SSSR count). The zero-order valence-electron chi connectivity index (χ0n) is 15.2. The Morgan fingerprint density at radius 2 is 1.97 bits per heavy atom. The zero-order chi connectivity index (χ0) is 21.0. The van der Waals surface area contributed by atoms with Gasteiger partial charge in [-0.2, -0.15) is 0 Å². The second-order valence-electron chi connectivity index (χ2n) is 5.98. The Morgan fingerprint density at radius 1 is 1.24 bits per heavy atom. The number of nitrogens with one attached hydrogen (secondary N) is 1. The Bertz CT molecular complexity index is 1020. The molecule has 1 aliphatic rings. The number of hydrogen-bond acceptors (Lipinski definition) is 6. The highest BCUT2D eigenvalue weighted by Gasteiger charge is 2.33. The van der Waals surface area contributed by atoms with E-state index in [9.17, 15) is 14.4 Å². The summed E-state index contributed by atoms with van der Waals surface area (Å²) in [5, 5.41) is 11.6. The van der Waals surface area contributed by atoms with Crippen LogP contribution in [-0.4, -0.2) is 45.8 Å². The number of carboxylic acid groups (broad SMARTS) is 1. The SMILES string of the molecule is COc1ccc(C=C2SC(=S)N(CC(=O)Nc3cccc(C(=O)O)c3)C2=O)cc1. The highest BCUT2D eigenvalue weighted by Crippen LogP contribution is 2.32. The average molecular weight is 428 g/mol. The summed E-state index contributed by atoms with van der Waals surface area (Å²) >= 11 is 6.36. The smallest absolute Gasteiger partial charge is 0.335 e. The molecule has 2 N–H and O–H groups in total. The molecule has 0 bridgehead atoms. The third kappa shape index (κ3) is 5.01. The third-order valence-corrected chi connectivity index (χ3v) is 5.36. The molecule has 1 fully saturated rings. The van der Waals surface area contributed by atoms with Gasteiger partial charge in [0.1, 0.15) is 16.6 Å². The summed E-state index contributed by atoms with van der Waals surface area (Å²) in [5.41, 5.74) is 1.19. The van der Waals surface area contributed by atoms with E-state index >= 15 is 0 Å². The summed E-state index contributed by atoms with van der Waals surface area (Å²) in [7, 11) is 1.57. The summed E-state index contributed by atoms with van der Waals surface area (Å²) in [6.07, 6.45) is 1.70. The van der Waals surface area contributed by atoms with Gasteiger partial charge in [0, 0.05) is 5.69 Å². The number of thiocarbonyl (C=S) groups is 1. The minimum Gasteiger partial charge on any atom is -0.497 e. The van der Waals surface area contributed by atoms with Gasteiger partial charge in [-0.05, 0) is 42.0 Å². The second kappa shape index (κ2) is 8.89. The van der Waals surface area contributed by atoms with Crippen LogP contribution in [-0.2, 0) is 9.59 Å². The molecule has 0 radical (unpaired) electrons.